The van der Waals surface area contributed by atoms with E-state index in [2.05, 4.69) is 0 Å². The van der Waals surface area contributed by atoms with Crippen molar-refractivity contribution in [2.45, 2.75) is 39.2 Å². The van der Waals surface area contributed by atoms with Crippen molar-refractivity contribution in [3.05, 3.63) is 28.8 Å². The number of anilines is 1. The third kappa shape index (κ3) is 3.47. The third-order valence-electron chi connectivity index (χ3n) is 3.51. The second kappa shape index (κ2) is 6.06. The Hall–Kier alpha value is -1.55. The summed E-state index contributed by atoms with van der Waals surface area (Å²) in [4.78, 5) is 12.0. The fourth-order valence-corrected chi connectivity index (χ4v) is 2.27. The molecule has 4 nitrogen and oxygen atoms in total. The first-order chi connectivity index (χ1) is 9.08. The Morgan fingerprint density at radius 1 is 1.37 bits per heavy atom. The molecular weight excluding hydrogens is 242 g/mol. The lowest BCUT2D eigenvalue weighted by molar-refractivity contribution is -0.0300. The smallest absolute Gasteiger partial charge is 0.338 e. The number of nitrogens with two attached hydrogens (primary N) is 1. The van der Waals surface area contributed by atoms with Crippen molar-refractivity contribution in [1.29, 1.82) is 0 Å². The van der Waals surface area contributed by atoms with E-state index < -0.39 is 0 Å². The summed E-state index contributed by atoms with van der Waals surface area (Å²) in [5, 5.41) is 0. The molecule has 0 amide bonds. The van der Waals surface area contributed by atoms with Crippen LogP contribution in [0.3, 0.4) is 0 Å². The minimum Gasteiger partial charge on any atom is -0.459 e. The molecule has 1 unspecified atom stereocenters. The van der Waals surface area contributed by atoms with Gasteiger partial charge in [0.05, 0.1) is 11.7 Å². The number of aryl methyl sites for hydroxylation is 2. The Morgan fingerprint density at radius 3 is 2.84 bits per heavy atom. The molecule has 1 saturated heterocycles. The van der Waals surface area contributed by atoms with E-state index in [4.69, 9.17) is 15.2 Å². The summed E-state index contributed by atoms with van der Waals surface area (Å²) in [6.07, 6.45) is 3.24. The first-order valence-corrected chi connectivity index (χ1v) is 6.73. The minimum atomic E-state index is -0.321. The van der Waals surface area contributed by atoms with Crippen molar-refractivity contribution in [1.82, 2.24) is 0 Å². The van der Waals surface area contributed by atoms with Crippen LogP contribution in [0.25, 0.3) is 0 Å². The molecule has 0 aromatic heterocycles. The van der Waals surface area contributed by atoms with Gasteiger partial charge >= 0.3 is 5.97 Å². The second-order valence-corrected chi connectivity index (χ2v) is 5.11. The number of carbonyl (C=O) groups excluding carboxylic acids is 1. The van der Waals surface area contributed by atoms with E-state index in [1.54, 1.807) is 6.07 Å². The third-order valence-corrected chi connectivity index (χ3v) is 3.51. The van der Waals surface area contributed by atoms with Gasteiger partial charge in [-0.2, -0.15) is 0 Å². The molecule has 19 heavy (non-hydrogen) atoms. The lowest BCUT2D eigenvalue weighted by Gasteiger charge is -2.22. The van der Waals surface area contributed by atoms with Crippen LogP contribution in [0.2, 0.25) is 0 Å². The standard InChI is InChI=1S/C15H21NO3/c1-10-7-11(2)14(16)8-13(10)15(17)19-9-12-5-3-4-6-18-12/h7-8,12H,3-6,9,16H2,1-2H3. The van der Waals surface area contributed by atoms with Gasteiger partial charge in [0.25, 0.3) is 0 Å². The van der Waals surface area contributed by atoms with Crippen LogP contribution >= 0.6 is 0 Å². The Kier molecular flexibility index (Phi) is 4.43. The quantitative estimate of drug-likeness (QED) is 0.672. The molecule has 0 radical (unpaired) electrons. The largest absolute Gasteiger partial charge is 0.459 e. The molecule has 0 bridgehead atoms. The molecule has 1 atom stereocenters. The lowest BCUT2D eigenvalue weighted by atomic mass is 10.0. The predicted octanol–water partition coefficient (Wildman–Crippen LogP) is 2.61. The normalized spacial score (nSPS) is 19.2. The van der Waals surface area contributed by atoms with Gasteiger partial charge in [-0.15, -0.1) is 0 Å². The molecule has 2 rings (SSSR count). The molecular formula is C15H21NO3. The van der Waals surface area contributed by atoms with E-state index in [9.17, 15) is 4.79 Å². The summed E-state index contributed by atoms with van der Waals surface area (Å²) in [7, 11) is 0. The van der Waals surface area contributed by atoms with Crippen LogP contribution in [0.4, 0.5) is 5.69 Å². The zero-order valence-corrected chi connectivity index (χ0v) is 11.6. The van der Waals surface area contributed by atoms with Crippen LogP contribution in [0.1, 0.15) is 40.7 Å². The second-order valence-electron chi connectivity index (χ2n) is 5.11. The topological polar surface area (TPSA) is 61.5 Å². The average Bonchev–Trinajstić information content (AvgIpc) is 2.41. The molecule has 0 spiro atoms. The van der Waals surface area contributed by atoms with Gasteiger partial charge in [0.2, 0.25) is 0 Å². The molecule has 1 aromatic rings. The minimum absolute atomic E-state index is 0.0424. The molecule has 1 heterocycles. The maximum atomic E-state index is 12.0. The van der Waals surface area contributed by atoms with Crippen molar-refractivity contribution in [2.75, 3.05) is 18.9 Å². The van der Waals surface area contributed by atoms with E-state index in [0.717, 1.165) is 37.0 Å². The first-order valence-electron chi connectivity index (χ1n) is 6.73. The summed E-state index contributed by atoms with van der Waals surface area (Å²) in [6, 6.07) is 3.60. The lowest BCUT2D eigenvalue weighted by Crippen LogP contribution is -2.26. The molecule has 4 heteroatoms. The fourth-order valence-electron chi connectivity index (χ4n) is 2.27. The Bertz CT molecular complexity index is 465. The zero-order chi connectivity index (χ0) is 13.8. The van der Waals surface area contributed by atoms with Gasteiger partial charge < -0.3 is 15.2 Å². The first kappa shape index (κ1) is 13.9. The van der Waals surface area contributed by atoms with Crippen LogP contribution in [-0.4, -0.2) is 25.3 Å². The van der Waals surface area contributed by atoms with E-state index >= 15 is 0 Å². The van der Waals surface area contributed by atoms with Gasteiger partial charge in [-0.1, -0.05) is 6.07 Å². The van der Waals surface area contributed by atoms with Gasteiger partial charge in [0.15, 0.2) is 0 Å². The highest BCUT2D eigenvalue weighted by atomic mass is 16.6. The van der Waals surface area contributed by atoms with Crippen molar-refractivity contribution < 1.29 is 14.3 Å². The average molecular weight is 263 g/mol. The summed E-state index contributed by atoms with van der Waals surface area (Å²) in [5.41, 5.74) is 8.86. The SMILES string of the molecule is Cc1cc(C)c(C(=O)OCC2CCCCO2)cc1N. The summed E-state index contributed by atoms with van der Waals surface area (Å²) < 4.78 is 10.9. The van der Waals surface area contributed by atoms with Crippen molar-refractivity contribution >= 4 is 11.7 Å². The van der Waals surface area contributed by atoms with Crippen LogP contribution in [-0.2, 0) is 9.47 Å². The Labute approximate surface area is 113 Å². The molecule has 0 saturated carbocycles. The van der Waals surface area contributed by atoms with E-state index in [0.29, 0.717) is 17.9 Å². The highest BCUT2D eigenvalue weighted by Gasteiger charge is 2.18. The highest BCUT2D eigenvalue weighted by molar-refractivity contribution is 5.92. The molecule has 1 aliphatic heterocycles. The monoisotopic (exact) mass is 263 g/mol. The van der Waals surface area contributed by atoms with E-state index in [1.165, 1.54) is 0 Å². The summed E-state index contributed by atoms with van der Waals surface area (Å²) in [6.45, 7) is 4.90. The number of hydrogen-bond acceptors (Lipinski definition) is 4. The summed E-state index contributed by atoms with van der Waals surface area (Å²) in [5.74, 6) is -0.321. The highest BCUT2D eigenvalue weighted by Crippen LogP contribution is 2.19. The zero-order valence-electron chi connectivity index (χ0n) is 11.6. The number of carbonyl (C=O) groups is 1. The van der Waals surface area contributed by atoms with Crippen molar-refractivity contribution in [3.63, 3.8) is 0 Å². The van der Waals surface area contributed by atoms with Crippen LogP contribution in [0.15, 0.2) is 12.1 Å². The molecule has 1 fully saturated rings. The van der Waals surface area contributed by atoms with Crippen LogP contribution in [0, 0.1) is 13.8 Å². The number of rotatable bonds is 3. The van der Waals surface area contributed by atoms with Crippen LogP contribution < -0.4 is 5.73 Å². The van der Waals surface area contributed by atoms with Crippen molar-refractivity contribution in [3.8, 4) is 0 Å². The molecule has 1 aliphatic rings. The number of nitrogen functional groups attached to an aromatic ring is 1. The Balaban J connectivity index is 1.97. The number of ether oxygens (including phenoxy) is 2. The fraction of sp³-hybridized carbons (Fsp3) is 0.533. The number of hydrogen-bond donors (Lipinski definition) is 1. The van der Waals surface area contributed by atoms with Gasteiger partial charge in [-0.25, -0.2) is 4.79 Å². The number of benzene rings is 1. The van der Waals surface area contributed by atoms with E-state index in [1.807, 2.05) is 19.9 Å². The maximum Gasteiger partial charge on any atom is 0.338 e. The molecule has 104 valence electrons. The Morgan fingerprint density at radius 2 is 2.16 bits per heavy atom. The predicted molar refractivity (Wildman–Crippen MR) is 74.2 cm³/mol. The molecule has 2 N–H and O–H groups in total. The van der Waals surface area contributed by atoms with Gasteiger partial charge in [0.1, 0.15) is 6.61 Å². The maximum absolute atomic E-state index is 12.0. The van der Waals surface area contributed by atoms with Crippen molar-refractivity contribution in [2.24, 2.45) is 0 Å². The summed E-state index contributed by atoms with van der Waals surface area (Å²) >= 11 is 0. The van der Waals surface area contributed by atoms with Gasteiger partial charge in [0, 0.05) is 12.3 Å². The van der Waals surface area contributed by atoms with Gasteiger partial charge in [-0.3, -0.25) is 0 Å². The molecule has 0 aliphatic carbocycles. The molecule has 1 aromatic carbocycles. The van der Waals surface area contributed by atoms with Crippen LogP contribution in [0.5, 0.6) is 0 Å². The van der Waals surface area contributed by atoms with Gasteiger partial charge in [-0.05, 0) is 50.3 Å². The number of esters is 1. The van der Waals surface area contributed by atoms with E-state index in [-0.39, 0.29) is 12.1 Å².